The molecule has 0 saturated carbocycles. The fourth-order valence-corrected chi connectivity index (χ4v) is 1.96. The van der Waals surface area contributed by atoms with Gasteiger partial charge in [0.05, 0.1) is 15.4 Å². The molecule has 0 aliphatic carbocycles. The van der Waals surface area contributed by atoms with Gasteiger partial charge in [-0.15, -0.1) is 0 Å². The average Bonchev–Trinajstić information content (AvgIpc) is 2.92. The molecular formula is C11H10BrN5O3. The lowest BCUT2D eigenvalue weighted by atomic mass is 10.1. The largest absolute Gasteiger partial charge is 0.342 e. The van der Waals surface area contributed by atoms with E-state index in [0.717, 1.165) is 0 Å². The van der Waals surface area contributed by atoms with Crippen LogP contribution >= 0.6 is 15.9 Å². The molecule has 104 valence electrons. The molecular weight excluding hydrogens is 330 g/mol. The molecule has 0 saturated heterocycles. The van der Waals surface area contributed by atoms with Gasteiger partial charge in [0.1, 0.15) is 12.2 Å². The maximum absolute atomic E-state index is 12.0. The summed E-state index contributed by atoms with van der Waals surface area (Å²) in [6, 6.07) is 3.80. The van der Waals surface area contributed by atoms with Crippen molar-refractivity contribution in [1.82, 2.24) is 20.5 Å². The third-order valence-corrected chi connectivity index (χ3v) is 3.27. The van der Waals surface area contributed by atoms with Gasteiger partial charge < -0.3 is 5.32 Å². The first-order valence-corrected chi connectivity index (χ1v) is 6.38. The molecule has 0 fully saturated rings. The van der Waals surface area contributed by atoms with Gasteiger partial charge in [0, 0.05) is 11.6 Å². The summed E-state index contributed by atoms with van der Waals surface area (Å²) < 4.78 is 0.322. The molecule has 0 aliphatic rings. The number of carbonyl (C=O) groups excluding carboxylic acids is 1. The Balaban J connectivity index is 2.17. The van der Waals surface area contributed by atoms with Crippen LogP contribution in [0.2, 0.25) is 0 Å². The van der Waals surface area contributed by atoms with Gasteiger partial charge in [-0.1, -0.05) is 0 Å². The van der Waals surface area contributed by atoms with Crippen LogP contribution in [0.15, 0.2) is 29.0 Å². The van der Waals surface area contributed by atoms with Crippen LogP contribution in [0.3, 0.4) is 0 Å². The van der Waals surface area contributed by atoms with Crippen LogP contribution in [0.25, 0.3) is 0 Å². The van der Waals surface area contributed by atoms with Crippen molar-refractivity contribution in [3.05, 3.63) is 50.5 Å². The standard InChI is InChI=1S/C11H10BrN5O3/c1-6(10-13-5-14-16-10)15-11(18)7-2-3-8(12)9(4-7)17(19)20/h2-6H,1H3,(H,15,18)(H,13,14,16). The summed E-state index contributed by atoms with van der Waals surface area (Å²) in [5, 5.41) is 19.8. The van der Waals surface area contributed by atoms with Crippen molar-refractivity contribution in [3.8, 4) is 0 Å². The molecule has 2 rings (SSSR count). The predicted octanol–water partition coefficient (Wildman–Crippen LogP) is 1.97. The Labute approximate surface area is 121 Å². The SMILES string of the molecule is CC(NC(=O)c1ccc(Br)c([N+](=O)[O-])c1)c1ncn[nH]1. The Hall–Kier alpha value is -2.29. The molecule has 0 spiro atoms. The van der Waals surface area contributed by atoms with E-state index < -0.39 is 10.8 Å². The lowest BCUT2D eigenvalue weighted by Gasteiger charge is -2.11. The van der Waals surface area contributed by atoms with Crippen molar-refractivity contribution in [2.24, 2.45) is 0 Å². The number of rotatable bonds is 4. The van der Waals surface area contributed by atoms with Crippen LogP contribution in [-0.2, 0) is 0 Å². The number of halogens is 1. The molecule has 20 heavy (non-hydrogen) atoms. The fraction of sp³-hybridized carbons (Fsp3) is 0.182. The van der Waals surface area contributed by atoms with Crippen molar-refractivity contribution in [3.63, 3.8) is 0 Å². The number of nitrogens with zero attached hydrogens (tertiary/aromatic N) is 3. The minimum atomic E-state index is -0.555. The van der Waals surface area contributed by atoms with Gasteiger partial charge in [-0.05, 0) is 35.0 Å². The highest BCUT2D eigenvalue weighted by atomic mass is 79.9. The molecule has 0 radical (unpaired) electrons. The number of carbonyl (C=O) groups is 1. The second-order valence-corrected chi connectivity index (χ2v) is 4.84. The Morgan fingerprint density at radius 3 is 2.90 bits per heavy atom. The Morgan fingerprint density at radius 2 is 2.30 bits per heavy atom. The smallest absolute Gasteiger partial charge is 0.284 e. The van der Waals surface area contributed by atoms with Crippen LogP contribution in [0, 0.1) is 10.1 Å². The highest BCUT2D eigenvalue weighted by molar-refractivity contribution is 9.10. The van der Waals surface area contributed by atoms with E-state index in [2.05, 4.69) is 36.4 Å². The van der Waals surface area contributed by atoms with Gasteiger partial charge in [-0.3, -0.25) is 20.0 Å². The number of nitro groups is 1. The predicted molar refractivity (Wildman–Crippen MR) is 73.1 cm³/mol. The Morgan fingerprint density at radius 1 is 1.55 bits per heavy atom. The summed E-state index contributed by atoms with van der Waals surface area (Å²) in [6.07, 6.45) is 1.34. The van der Waals surface area contributed by atoms with Gasteiger partial charge in [0.15, 0.2) is 0 Å². The van der Waals surface area contributed by atoms with E-state index in [4.69, 9.17) is 0 Å². The number of aromatic amines is 1. The normalized spacial score (nSPS) is 11.9. The van der Waals surface area contributed by atoms with Gasteiger partial charge in [-0.2, -0.15) is 5.10 Å². The van der Waals surface area contributed by atoms with E-state index >= 15 is 0 Å². The van der Waals surface area contributed by atoms with E-state index in [1.165, 1.54) is 24.5 Å². The van der Waals surface area contributed by atoms with Crippen LogP contribution in [-0.4, -0.2) is 26.0 Å². The first kappa shape index (κ1) is 14.1. The van der Waals surface area contributed by atoms with Crippen LogP contribution in [0.1, 0.15) is 29.1 Å². The zero-order chi connectivity index (χ0) is 14.7. The van der Waals surface area contributed by atoms with E-state index in [1.54, 1.807) is 6.92 Å². The number of aromatic nitrogens is 3. The number of hydrogen-bond donors (Lipinski definition) is 2. The quantitative estimate of drug-likeness (QED) is 0.652. The second-order valence-electron chi connectivity index (χ2n) is 3.99. The maximum atomic E-state index is 12.0. The monoisotopic (exact) mass is 339 g/mol. The van der Waals surface area contributed by atoms with Gasteiger partial charge >= 0.3 is 0 Å². The summed E-state index contributed by atoms with van der Waals surface area (Å²) >= 11 is 3.07. The number of nitrogens with one attached hydrogen (secondary N) is 2. The lowest BCUT2D eigenvalue weighted by molar-refractivity contribution is -0.385. The minimum Gasteiger partial charge on any atom is -0.342 e. The summed E-state index contributed by atoms with van der Waals surface area (Å²) in [6.45, 7) is 1.73. The molecule has 0 aliphatic heterocycles. The molecule has 8 nitrogen and oxygen atoms in total. The van der Waals surface area contributed by atoms with E-state index in [-0.39, 0.29) is 17.3 Å². The fourth-order valence-electron chi connectivity index (χ4n) is 1.57. The molecule has 1 aromatic heterocycles. The van der Waals surface area contributed by atoms with Gasteiger partial charge in [-0.25, -0.2) is 4.98 Å². The van der Waals surface area contributed by atoms with E-state index in [1.807, 2.05) is 0 Å². The average molecular weight is 340 g/mol. The number of amides is 1. The van der Waals surface area contributed by atoms with E-state index in [9.17, 15) is 14.9 Å². The molecule has 9 heteroatoms. The van der Waals surface area contributed by atoms with Crippen LogP contribution in [0.5, 0.6) is 0 Å². The van der Waals surface area contributed by atoms with Crippen LogP contribution < -0.4 is 5.32 Å². The van der Waals surface area contributed by atoms with Crippen molar-refractivity contribution >= 4 is 27.5 Å². The molecule has 1 aromatic carbocycles. The molecule has 1 amide bonds. The third-order valence-electron chi connectivity index (χ3n) is 2.60. The maximum Gasteiger partial charge on any atom is 0.284 e. The molecule has 1 heterocycles. The summed E-state index contributed by atoms with van der Waals surface area (Å²) in [5.74, 6) is 0.0782. The first-order valence-electron chi connectivity index (χ1n) is 5.59. The highest BCUT2D eigenvalue weighted by Gasteiger charge is 2.18. The number of benzene rings is 1. The zero-order valence-electron chi connectivity index (χ0n) is 10.3. The lowest BCUT2D eigenvalue weighted by Crippen LogP contribution is -2.27. The van der Waals surface area contributed by atoms with Crippen molar-refractivity contribution in [2.75, 3.05) is 0 Å². The summed E-state index contributed by atoms with van der Waals surface area (Å²) in [5.41, 5.74) is 0.0382. The van der Waals surface area contributed by atoms with Crippen molar-refractivity contribution in [2.45, 2.75) is 13.0 Å². The second kappa shape index (κ2) is 5.78. The molecule has 1 unspecified atom stereocenters. The third kappa shape index (κ3) is 2.99. The van der Waals surface area contributed by atoms with E-state index in [0.29, 0.717) is 10.3 Å². The summed E-state index contributed by atoms with van der Waals surface area (Å²) in [4.78, 5) is 26.2. The van der Waals surface area contributed by atoms with Gasteiger partial charge in [0.2, 0.25) is 0 Å². The molecule has 2 N–H and O–H groups in total. The molecule has 0 bridgehead atoms. The number of hydrogen-bond acceptors (Lipinski definition) is 5. The highest BCUT2D eigenvalue weighted by Crippen LogP contribution is 2.25. The minimum absolute atomic E-state index is 0.162. The zero-order valence-corrected chi connectivity index (χ0v) is 11.9. The number of nitro benzene ring substituents is 1. The van der Waals surface area contributed by atoms with Crippen molar-refractivity contribution < 1.29 is 9.72 Å². The van der Waals surface area contributed by atoms with Crippen molar-refractivity contribution in [1.29, 1.82) is 0 Å². The molecule has 1 atom stereocenters. The first-order chi connectivity index (χ1) is 9.49. The molecule has 2 aromatic rings. The van der Waals surface area contributed by atoms with Crippen LogP contribution in [0.4, 0.5) is 5.69 Å². The van der Waals surface area contributed by atoms with Gasteiger partial charge in [0.25, 0.3) is 11.6 Å². The number of H-pyrrole nitrogens is 1. The summed E-state index contributed by atoms with van der Waals surface area (Å²) in [7, 11) is 0. The Kier molecular flexibility index (Phi) is 4.08. The topological polar surface area (TPSA) is 114 Å². The Bertz CT molecular complexity index is 644.